The summed E-state index contributed by atoms with van der Waals surface area (Å²) in [6.45, 7) is 3.44. The highest BCUT2D eigenvalue weighted by Gasteiger charge is 2.27. The smallest absolute Gasteiger partial charge is 0.340 e. The van der Waals surface area contributed by atoms with E-state index in [0.29, 0.717) is 22.6 Å². The van der Waals surface area contributed by atoms with Crippen LogP contribution in [-0.4, -0.2) is 30.1 Å². The number of nitrogens with one attached hydrogen (secondary N) is 2. The van der Waals surface area contributed by atoms with Gasteiger partial charge in [-0.3, -0.25) is 4.79 Å². The van der Waals surface area contributed by atoms with Crippen LogP contribution in [0.4, 0.5) is 11.5 Å². The van der Waals surface area contributed by atoms with Crippen LogP contribution in [0.25, 0.3) is 0 Å². The number of aromatic nitrogens is 1. The molecule has 1 fully saturated rings. The van der Waals surface area contributed by atoms with E-state index in [0.717, 1.165) is 36.9 Å². The first-order chi connectivity index (χ1) is 14.0. The second-order valence-electron chi connectivity index (χ2n) is 7.27. The minimum atomic E-state index is -0.579. The second-order valence-corrected chi connectivity index (χ2v) is 7.27. The summed E-state index contributed by atoms with van der Waals surface area (Å²) in [4.78, 5) is 24.9. The molecule has 0 atom stereocenters. The molecule has 3 rings (SSSR count). The molecule has 2 aromatic rings. The summed E-state index contributed by atoms with van der Waals surface area (Å²) in [6, 6.07) is 9.42. The fraction of sp³-hybridized carbons (Fsp3) is 0.409. The van der Waals surface area contributed by atoms with Gasteiger partial charge >= 0.3 is 5.97 Å². The highest BCUT2D eigenvalue weighted by atomic mass is 16.5. The molecule has 1 aromatic heterocycles. The molecule has 0 spiro atoms. The van der Waals surface area contributed by atoms with Gasteiger partial charge in [0, 0.05) is 24.5 Å². The normalized spacial score (nSPS) is 13.7. The molecule has 0 unspecified atom stereocenters. The first kappa shape index (κ1) is 20.5. The lowest BCUT2D eigenvalue weighted by Gasteiger charge is -2.19. The largest absolute Gasteiger partial charge is 0.452 e. The zero-order chi connectivity index (χ0) is 21.0. The number of esters is 1. The average Bonchev–Trinajstić information content (AvgIpc) is 3.33. The number of amides is 1. The molecule has 0 radical (unpaired) electrons. The molecule has 7 heteroatoms. The van der Waals surface area contributed by atoms with E-state index in [9.17, 15) is 14.9 Å². The highest BCUT2D eigenvalue weighted by molar-refractivity contribution is 5.98. The number of anilines is 2. The molecule has 1 aromatic carbocycles. The number of hydrogen-bond acceptors (Lipinski definition) is 5. The number of rotatable bonds is 6. The van der Waals surface area contributed by atoms with Crippen LogP contribution in [0.1, 0.15) is 58.9 Å². The molecular weight excluding hydrogens is 368 g/mol. The van der Waals surface area contributed by atoms with Crippen molar-refractivity contribution in [1.29, 1.82) is 5.26 Å². The van der Waals surface area contributed by atoms with Crippen molar-refractivity contribution in [3.05, 3.63) is 46.6 Å². The molecule has 1 aliphatic rings. The molecule has 1 saturated carbocycles. The summed E-state index contributed by atoms with van der Waals surface area (Å²) in [5.41, 5.74) is 3.32. The van der Waals surface area contributed by atoms with E-state index >= 15 is 0 Å². The van der Waals surface area contributed by atoms with E-state index < -0.39 is 18.5 Å². The first-order valence-corrected chi connectivity index (χ1v) is 9.83. The van der Waals surface area contributed by atoms with Gasteiger partial charge in [-0.2, -0.15) is 5.26 Å². The molecule has 29 heavy (non-hydrogen) atoms. The fourth-order valence-electron chi connectivity index (χ4n) is 3.96. The van der Waals surface area contributed by atoms with Crippen molar-refractivity contribution in [2.75, 3.05) is 24.3 Å². The van der Waals surface area contributed by atoms with Crippen LogP contribution < -0.4 is 10.6 Å². The Labute approximate surface area is 170 Å². The number of hydrogen-bond donors (Lipinski definition) is 2. The quantitative estimate of drug-likeness (QED) is 0.724. The Morgan fingerprint density at radius 1 is 1.24 bits per heavy atom. The third kappa shape index (κ3) is 4.11. The predicted octanol–water partition coefficient (Wildman–Crippen LogP) is 3.93. The number of nitriles is 1. The lowest BCUT2D eigenvalue weighted by Crippen LogP contribution is -2.24. The van der Waals surface area contributed by atoms with Crippen molar-refractivity contribution >= 4 is 23.4 Å². The number of para-hydroxylation sites is 1. The molecule has 0 saturated heterocycles. The number of nitrogens with zero attached hydrogens (tertiary/aromatic N) is 2. The maximum Gasteiger partial charge on any atom is 0.340 e. The zero-order valence-corrected chi connectivity index (χ0v) is 17.0. The van der Waals surface area contributed by atoms with Gasteiger partial charge < -0.3 is 19.9 Å². The summed E-state index contributed by atoms with van der Waals surface area (Å²) in [6.07, 6.45) is 4.33. The van der Waals surface area contributed by atoms with E-state index in [2.05, 4.69) is 21.3 Å². The van der Waals surface area contributed by atoms with Gasteiger partial charge in [0.1, 0.15) is 11.9 Å². The first-order valence-electron chi connectivity index (χ1n) is 9.83. The van der Waals surface area contributed by atoms with Crippen molar-refractivity contribution in [3.63, 3.8) is 0 Å². The minimum absolute atomic E-state index is 0.274. The maximum absolute atomic E-state index is 12.5. The average molecular weight is 394 g/mol. The molecule has 1 heterocycles. The topological polar surface area (TPSA) is 96.2 Å². The van der Waals surface area contributed by atoms with Gasteiger partial charge in [-0.25, -0.2) is 4.79 Å². The Morgan fingerprint density at radius 3 is 2.59 bits per heavy atom. The Kier molecular flexibility index (Phi) is 6.23. The fourth-order valence-corrected chi connectivity index (χ4v) is 3.96. The van der Waals surface area contributed by atoms with Gasteiger partial charge in [-0.15, -0.1) is 0 Å². The molecule has 1 aliphatic carbocycles. The molecular formula is C22H26N4O3. The lowest BCUT2D eigenvalue weighted by atomic mass is 10.2. The van der Waals surface area contributed by atoms with Crippen LogP contribution in [0.2, 0.25) is 0 Å². The van der Waals surface area contributed by atoms with E-state index in [1.54, 1.807) is 31.3 Å². The minimum Gasteiger partial charge on any atom is -0.452 e. The molecule has 7 nitrogen and oxygen atoms in total. The van der Waals surface area contributed by atoms with Gasteiger partial charge in [0.15, 0.2) is 6.61 Å². The van der Waals surface area contributed by atoms with E-state index in [1.165, 1.54) is 0 Å². The standard InChI is InChI=1S/C22H26N4O3/c1-14-15(2)26(16-8-4-5-9-16)21(18(14)12-23)25-20(27)13-29-22(28)17-10-6-7-11-19(17)24-3/h6-7,10-11,16,24H,4-5,8-9,13H2,1-3H3,(H,25,27). The summed E-state index contributed by atoms with van der Waals surface area (Å²) in [7, 11) is 1.71. The summed E-state index contributed by atoms with van der Waals surface area (Å²) >= 11 is 0. The Morgan fingerprint density at radius 2 is 1.93 bits per heavy atom. The number of benzene rings is 1. The molecule has 152 valence electrons. The van der Waals surface area contributed by atoms with Crippen LogP contribution >= 0.6 is 0 Å². The van der Waals surface area contributed by atoms with Gasteiger partial charge in [0.05, 0.1) is 11.1 Å². The third-order valence-corrected chi connectivity index (χ3v) is 5.57. The Bertz CT molecular complexity index is 965. The molecule has 0 bridgehead atoms. The van der Waals surface area contributed by atoms with Gasteiger partial charge in [-0.1, -0.05) is 25.0 Å². The van der Waals surface area contributed by atoms with Crippen molar-refractivity contribution in [1.82, 2.24) is 4.57 Å². The molecule has 0 aliphatic heterocycles. The predicted molar refractivity (Wildman–Crippen MR) is 111 cm³/mol. The highest BCUT2D eigenvalue weighted by Crippen LogP contribution is 2.37. The maximum atomic E-state index is 12.5. The zero-order valence-electron chi connectivity index (χ0n) is 17.0. The second kappa shape index (κ2) is 8.82. The molecule has 1 amide bonds. The van der Waals surface area contributed by atoms with Crippen molar-refractivity contribution in [2.45, 2.75) is 45.6 Å². The lowest BCUT2D eigenvalue weighted by molar-refractivity contribution is -0.119. The number of carbonyl (C=O) groups is 2. The summed E-state index contributed by atoms with van der Waals surface area (Å²) in [5, 5.41) is 15.3. The van der Waals surface area contributed by atoms with Crippen LogP contribution in [-0.2, 0) is 9.53 Å². The van der Waals surface area contributed by atoms with Crippen molar-refractivity contribution in [2.24, 2.45) is 0 Å². The van der Waals surface area contributed by atoms with Crippen LogP contribution in [0.15, 0.2) is 24.3 Å². The monoisotopic (exact) mass is 394 g/mol. The SMILES string of the molecule is CNc1ccccc1C(=O)OCC(=O)Nc1c(C#N)c(C)c(C)n1C1CCCC1. The number of carbonyl (C=O) groups excluding carboxylic acids is 2. The Balaban J connectivity index is 1.75. The van der Waals surface area contributed by atoms with E-state index in [4.69, 9.17) is 4.74 Å². The summed E-state index contributed by atoms with van der Waals surface area (Å²) < 4.78 is 7.26. The van der Waals surface area contributed by atoms with Gasteiger partial charge in [-0.05, 0) is 44.4 Å². The van der Waals surface area contributed by atoms with Crippen LogP contribution in [0, 0.1) is 25.2 Å². The van der Waals surface area contributed by atoms with Crippen LogP contribution in [0.5, 0.6) is 0 Å². The van der Waals surface area contributed by atoms with E-state index in [-0.39, 0.29) is 6.04 Å². The van der Waals surface area contributed by atoms with E-state index in [1.807, 2.05) is 13.8 Å². The van der Waals surface area contributed by atoms with Crippen LogP contribution in [0.3, 0.4) is 0 Å². The molecule has 2 N–H and O–H groups in total. The number of ether oxygens (including phenoxy) is 1. The Hall–Kier alpha value is -3.27. The summed E-state index contributed by atoms with van der Waals surface area (Å²) in [5.74, 6) is -0.538. The van der Waals surface area contributed by atoms with Crippen molar-refractivity contribution < 1.29 is 14.3 Å². The van der Waals surface area contributed by atoms with Crippen molar-refractivity contribution in [3.8, 4) is 6.07 Å². The van der Waals surface area contributed by atoms with Gasteiger partial charge in [0.25, 0.3) is 5.91 Å². The third-order valence-electron chi connectivity index (χ3n) is 5.57. The van der Waals surface area contributed by atoms with Gasteiger partial charge in [0.2, 0.25) is 0 Å².